The standard InChI is InChI=1S/C21H21N3O4S/c1-10(2)29-21-23-19-18(20(26)24-21)16(17-12(22-19)4-3-5-13(17)25)11-6-7-14-15(8-11)28-9-27-14/h6-8,10,16H,3-5,9H2,1-2H3,(H2,22,23,24,26)/t16-/m0/s1. The third-order valence-corrected chi connectivity index (χ3v) is 6.20. The Bertz CT molecular complexity index is 1110. The SMILES string of the molecule is CC(C)Sc1nc2c(c(=O)[nH]1)[C@@H](c1ccc3c(c1)OCO3)C1=C(CCCC1=O)N2. The highest BCUT2D eigenvalue weighted by atomic mass is 32.2. The molecule has 3 heterocycles. The lowest BCUT2D eigenvalue weighted by molar-refractivity contribution is -0.116. The molecule has 5 rings (SSSR count). The summed E-state index contributed by atoms with van der Waals surface area (Å²) in [7, 11) is 0. The van der Waals surface area contributed by atoms with Crippen LogP contribution in [0.1, 0.15) is 50.2 Å². The fraction of sp³-hybridized carbons (Fsp3) is 0.381. The van der Waals surface area contributed by atoms with Gasteiger partial charge in [0.05, 0.1) is 5.56 Å². The van der Waals surface area contributed by atoms with Gasteiger partial charge in [0.15, 0.2) is 22.4 Å². The number of aromatic amines is 1. The van der Waals surface area contributed by atoms with Crippen molar-refractivity contribution < 1.29 is 14.3 Å². The van der Waals surface area contributed by atoms with Crippen molar-refractivity contribution in [2.24, 2.45) is 0 Å². The van der Waals surface area contributed by atoms with E-state index in [2.05, 4.69) is 15.3 Å². The van der Waals surface area contributed by atoms with E-state index in [0.29, 0.717) is 40.0 Å². The number of ketones is 1. The molecule has 0 saturated carbocycles. The summed E-state index contributed by atoms with van der Waals surface area (Å²) in [4.78, 5) is 33.6. The molecule has 2 N–H and O–H groups in total. The Morgan fingerprint density at radius 3 is 2.83 bits per heavy atom. The van der Waals surface area contributed by atoms with Crippen LogP contribution in [0, 0.1) is 0 Å². The number of aromatic nitrogens is 2. The third kappa shape index (κ3) is 3.11. The van der Waals surface area contributed by atoms with Crippen LogP contribution in [0.3, 0.4) is 0 Å². The van der Waals surface area contributed by atoms with Gasteiger partial charge in [-0.05, 0) is 30.5 Å². The number of Topliss-reactive ketones (excluding diaryl/α,β-unsaturated/α-hetero) is 1. The number of carbonyl (C=O) groups is 1. The second kappa shape index (κ2) is 6.95. The molecule has 7 nitrogen and oxygen atoms in total. The smallest absolute Gasteiger partial charge is 0.257 e. The molecule has 3 aliphatic rings. The largest absolute Gasteiger partial charge is 0.454 e. The first kappa shape index (κ1) is 18.3. The molecule has 2 aliphatic heterocycles. The van der Waals surface area contributed by atoms with Crippen molar-refractivity contribution in [3.05, 3.63) is 50.9 Å². The molecule has 0 saturated heterocycles. The molecule has 2 aromatic rings. The third-order valence-electron chi connectivity index (χ3n) is 5.31. The van der Waals surface area contributed by atoms with Gasteiger partial charge in [0.25, 0.3) is 5.56 Å². The summed E-state index contributed by atoms with van der Waals surface area (Å²) in [5, 5.41) is 4.16. The van der Waals surface area contributed by atoms with Gasteiger partial charge in [-0.25, -0.2) is 4.98 Å². The summed E-state index contributed by atoms with van der Waals surface area (Å²) in [6, 6.07) is 5.60. The van der Waals surface area contributed by atoms with Gasteiger partial charge in [0.2, 0.25) is 6.79 Å². The molecule has 1 aromatic heterocycles. The summed E-state index contributed by atoms with van der Waals surface area (Å²) >= 11 is 1.50. The van der Waals surface area contributed by atoms with E-state index in [1.807, 2.05) is 32.0 Å². The minimum absolute atomic E-state index is 0.0760. The van der Waals surface area contributed by atoms with E-state index in [0.717, 1.165) is 24.1 Å². The molecule has 1 aromatic carbocycles. The number of nitrogens with zero attached hydrogens (tertiary/aromatic N) is 1. The number of thioether (sulfide) groups is 1. The Morgan fingerprint density at radius 1 is 1.17 bits per heavy atom. The van der Waals surface area contributed by atoms with E-state index in [-0.39, 0.29) is 23.4 Å². The number of anilines is 1. The Morgan fingerprint density at radius 2 is 2.00 bits per heavy atom. The maximum atomic E-state index is 13.1. The average Bonchev–Trinajstić information content (AvgIpc) is 3.14. The first-order chi connectivity index (χ1) is 14.0. The van der Waals surface area contributed by atoms with Crippen molar-refractivity contribution in [2.45, 2.75) is 49.4 Å². The van der Waals surface area contributed by atoms with Crippen LogP contribution in [-0.4, -0.2) is 27.8 Å². The van der Waals surface area contributed by atoms with Crippen LogP contribution in [0.25, 0.3) is 0 Å². The number of rotatable bonds is 3. The molecule has 0 radical (unpaired) electrons. The molecule has 1 aliphatic carbocycles. The van der Waals surface area contributed by atoms with Crippen LogP contribution in [-0.2, 0) is 4.79 Å². The highest BCUT2D eigenvalue weighted by molar-refractivity contribution is 7.99. The maximum Gasteiger partial charge on any atom is 0.257 e. The van der Waals surface area contributed by atoms with E-state index >= 15 is 0 Å². The molecule has 8 heteroatoms. The van der Waals surface area contributed by atoms with Gasteiger partial charge < -0.3 is 19.8 Å². The molecular weight excluding hydrogens is 390 g/mol. The quantitative estimate of drug-likeness (QED) is 0.589. The van der Waals surface area contributed by atoms with Crippen molar-refractivity contribution in [1.82, 2.24) is 9.97 Å². The van der Waals surface area contributed by atoms with Crippen molar-refractivity contribution in [3.63, 3.8) is 0 Å². The van der Waals surface area contributed by atoms with E-state index < -0.39 is 5.92 Å². The van der Waals surface area contributed by atoms with Crippen LogP contribution in [0.2, 0.25) is 0 Å². The number of H-pyrrole nitrogens is 1. The fourth-order valence-corrected chi connectivity index (χ4v) is 4.89. The molecule has 0 amide bonds. The number of allylic oxidation sites excluding steroid dienone is 2. The van der Waals surface area contributed by atoms with Gasteiger partial charge in [-0.2, -0.15) is 0 Å². The summed E-state index contributed by atoms with van der Waals surface area (Å²) in [5.74, 6) is 1.44. The van der Waals surface area contributed by atoms with Crippen molar-refractivity contribution in [3.8, 4) is 11.5 Å². The zero-order valence-electron chi connectivity index (χ0n) is 16.2. The Balaban J connectivity index is 1.70. The summed E-state index contributed by atoms with van der Waals surface area (Å²) in [5.41, 5.74) is 2.62. The van der Waals surface area contributed by atoms with Crippen molar-refractivity contribution in [2.75, 3.05) is 12.1 Å². The summed E-state index contributed by atoms with van der Waals surface area (Å²) in [6.07, 6.45) is 2.05. The molecular formula is C21H21N3O4S. The molecule has 0 spiro atoms. The Labute approximate surface area is 171 Å². The van der Waals surface area contributed by atoms with E-state index in [1.54, 1.807) is 0 Å². The molecule has 0 bridgehead atoms. The van der Waals surface area contributed by atoms with Gasteiger partial charge in [-0.3, -0.25) is 9.59 Å². The van der Waals surface area contributed by atoms with Gasteiger partial charge in [0.1, 0.15) is 5.82 Å². The average molecular weight is 411 g/mol. The number of hydrogen-bond acceptors (Lipinski definition) is 7. The number of ether oxygens (including phenoxy) is 2. The lowest BCUT2D eigenvalue weighted by Gasteiger charge is -2.32. The first-order valence-electron chi connectivity index (χ1n) is 9.75. The van der Waals surface area contributed by atoms with E-state index in [4.69, 9.17) is 9.47 Å². The molecule has 150 valence electrons. The Hall–Kier alpha value is -2.74. The topological polar surface area (TPSA) is 93.3 Å². The second-order valence-corrected chi connectivity index (χ2v) is 9.20. The number of nitrogens with one attached hydrogen (secondary N) is 2. The summed E-state index contributed by atoms with van der Waals surface area (Å²) < 4.78 is 10.9. The van der Waals surface area contributed by atoms with Crippen LogP contribution in [0.5, 0.6) is 11.5 Å². The fourth-order valence-electron chi connectivity index (χ4n) is 4.15. The van der Waals surface area contributed by atoms with Crippen molar-refractivity contribution >= 4 is 23.4 Å². The van der Waals surface area contributed by atoms with Crippen LogP contribution >= 0.6 is 11.8 Å². The van der Waals surface area contributed by atoms with Gasteiger partial charge >= 0.3 is 0 Å². The lowest BCUT2D eigenvalue weighted by Crippen LogP contribution is -2.32. The van der Waals surface area contributed by atoms with Crippen molar-refractivity contribution in [1.29, 1.82) is 0 Å². The molecule has 1 atom stereocenters. The maximum absolute atomic E-state index is 13.1. The minimum atomic E-state index is -0.474. The summed E-state index contributed by atoms with van der Waals surface area (Å²) in [6.45, 7) is 4.27. The van der Waals surface area contributed by atoms with Gasteiger partial charge in [0, 0.05) is 28.9 Å². The number of carbonyl (C=O) groups excluding carboxylic acids is 1. The van der Waals surface area contributed by atoms with Gasteiger partial charge in [-0.1, -0.05) is 31.7 Å². The predicted molar refractivity (Wildman–Crippen MR) is 110 cm³/mol. The highest BCUT2D eigenvalue weighted by Crippen LogP contribution is 2.45. The zero-order chi connectivity index (χ0) is 20.1. The normalized spacial score (nSPS) is 19.8. The van der Waals surface area contributed by atoms with Crippen LogP contribution < -0.4 is 20.3 Å². The first-order valence-corrected chi connectivity index (χ1v) is 10.6. The molecule has 29 heavy (non-hydrogen) atoms. The van der Waals surface area contributed by atoms with Crippen LogP contribution in [0.4, 0.5) is 5.82 Å². The monoisotopic (exact) mass is 411 g/mol. The highest BCUT2D eigenvalue weighted by Gasteiger charge is 2.38. The second-order valence-electron chi connectivity index (χ2n) is 7.64. The zero-order valence-corrected chi connectivity index (χ0v) is 17.0. The number of benzene rings is 1. The Kier molecular flexibility index (Phi) is 4.38. The minimum Gasteiger partial charge on any atom is -0.454 e. The lowest BCUT2D eigenvalue weighted by atomic mass is 9.76. The van der Waals surface area contributed by atoms with Crippen LogP contribution in [0.15, 0.2) is 39.4 Å². The molecule has 0 fully saturated rings. The number of hydrogen-bond donors (Lipinski definition) is 2. The van der Waals surface area contributed by atoms with E-state index in [1.165, 1.54) is 11.8 Å². The predicted octanol–water partition coefficient (Wildman–Crippen LogP) is 3.56. The number of fused-ring (bicyclic) bond motifs is 2. The van der Waals surface area contributed by atoms with E-state index in [9.17, 15) is 9.59 Å². The molecule has 0 unspecified atom stereocenters. The van der Waals surface area contributed by atoms with Gasteiger partial charge in [-0.15, -0.1) is 0 Å².